The molecule has 146 valence electrons. The number of hydrogen-bond acceptors (Lipinski definition) is 4. The quantitative estimate of drug-likeness (QED) is 0.629. The maximum absolute atomic E-state index is 8.36. The van der Waals surface area contributed by atoms with Crippen molar-refractivity contribution in [3.8, 4) is 0 Å². The first kappa shape index (κ1) is 21.9. The molecule has 0 spiro atoms. The molecule has 1 aromatic rings. The number of hydrogen-bond donors (Lipinski definition) is 2. The zero-order valence-electron chi connectivity index (χ0n) is 15.6. The van der Waals surface area contributed by atoms with Crippen LogP contribution in [0.15, 0.2) is 24.0 Å². The Bertz CT molecular complexity index is 551. The summed E-state index contributed by atoms with van der Waals surface area (Å²) in [4.78, 5) is 23.7. The first-order chi connectivity index (χ1) is 12.6. The second-order valence-electron chi connectivity index (χ2n) is 6.69. The van der Waals surface area contributed by atoms with Gasteiger partial charge in [-0.05, 0) is 57.9 Å². The topological polar surface area (TPSA) is 95.7 Å². The molecule has 0 radical (unpaired) electrons. The van der Waals surface area contributed by atoms with E-state index in [1.807, 2.05) is 6.20 Å². The summed E-state index contributed by atoms with van der Waals surface area (Å²) in [6.45, 7) is 6.51. The van der Waals surface area contributed by atoms with Gasteiger partial charge in [0.2, 0.25) is 0 Å². The molecule has 1 aliphatic heterocycles. The smallest absolute Gasteiger partial charge is 0.290 e. The molecule has 0 bridgehead atoms. The molecular formula is C19H31N3O4. The Hall–Kier alpha value is -2.15. The van der Waals surface area contributed by atoms with Crippen molar-refractivity contribution in [2.75, 3.05) is 19.6 Å². The van der Waals surface area contributed by atoms with Gasteiger partial charge in [-0.3, -0.25) is 14.5 Å². The van der Waals surface area contributed by atoms with E-state index >= 15 is 0 Å². The third-order valence-corrected chi connectivity index (χ3v) is 4.79. The van der Waals surface area contributed by atoms with Gasteiger partial charge in [0.1, 0.15) is 5.82 Å². The van der Waals surface area contributed by atoms with E-state index in [9.17, 15) is 0 Å². The van der Waals surface area contributed by atoms with Gasteiger partial charge in [-0.15, -0.1) is 0 Å². The summed E-state index contributed by atoms with van der Waals surface area (Å²) in [5.74, 6) is 1.94. The Labute approximate surface area is 155 Å². The van der Waals surface area contributed by atoms with Gasteiger partial charge in [-0.1, -0.05) is 11.6 Å². The van der Waals surface area contributed by atoms with Crippen LogP contribution in [0.4, 0.5) is 0 Å². The van der Waals surface area contributed by atoms with E-state index in [2.05, 4.69) is 33.6 Å². The molecule has 1 aromatic heterocycles. The maximum Gasteiger partial charge on any atom is 0.290 e. The standard InChI is InChI=1S/C17H27N3.2CH2O2/c1-15-18-9-11-20(15)14-17-8-5-10-19(13-17)12-16-6-3-2-4-7-16;2*2-1-3/h6,9,11,17H,2-5,7-8,10,12-14H2,1H3;2*1H,(H,2,3). The van der Waals surface area contributed by atoms with Crippen molar-refractivity contribution in [2.45, 2.75) is 52.0 Å². The Morgan fingerprint density at radius 3 is 2.54 bits per heavy atom. The van der Waals surface area contributed by atoms with E-state index in [1.54, 1.807) is 5.57 Å². The molecule has 0 aromatic carbocycles. The average molecular weight is 365 g/mol. The molecule has 7 heteroatoms. The highest BCUT2D eigenvalue weighted by Gasteiger charge is 2.21. The summed E-state index contributed by atoms with van der Waals surface area (Å²) in [6, 6.07) is 0. The summed E-state index contributed by atoms with van der Waals surface area (Å²) in [5.41, 5.74) is 1.69. The number of allylic oxidation sites excluding steroid dienone is 1. The molecule has 1 saturated heterocycles. The van der Waals surface area contributed by atoms with Crippen LogP contribution in [-0.2, 0) is 16.1 Å². The molecule has 1 atom stereocenters. The summed E-state index contributed by atoms with van der Waals surface area (Å²) in [6.07, 6.45) is 14.7. The van der Waals surface area contributed by atoms with Gasteiger partial charge < -0.3 is 14.8 Å². The third kappa shape index (κ3) is 8.29. The summed E-state index contributed by atoms with van der Waals surface area (Å²) >= 11 is 0. The summed E-state index contributed by atoms with van der Waals surface area (Å²) < 4.78 is 2.31. The van der Waals surface area contributed by atoms with Crippen LogP contribution in [0.3, 0.4) is 0 Å². The van der Waals surface area contributed by atoms with E-state index in [0.29, 0.717) is 0 Å². The van der Waals surface area contributed by atoms with Crippen molar-refractivity contribution in [3.05, 3.63) is 29.9 Å². The van der Waals surface area contributed by atoms with Gasteiger partial charge in [0.05, 0.1) is 0 Å². The molecule has 2 N–H and O–H groups in total. The second kappa shape index (κ2) is 13.1. The van der Waals surface area contributed by atoms with Crippen molar-refractivity contribution in [3.63, 3.8) is 0 Å². The van der Waals surface area contributed by atoms with E-state index in [1.165, 1.54) is 58.2 Å². The number of likely N-dealkylation sites (tertiary alicyclic amines) is 1. The average Bonchev–Trinajstić information content (AvgIpc) is 3.02. The molecule has 2 heterocycles. The van der Waals surface area contributed by atoms with Gasteiger partial charge in [0, 0.05) is 32.0 Å². The lowest BCUT2D eigenvalue weighted by Crippen LogP contribution is -2.38. The monoisotopic (exact) mass is 365 g/mol. The first-order valence-corrected chi connectivity index (χ1v) is 9.18. The lowest BCUT2D eigenvalue weighted by molar-refractivity contribution is -0.123. The molecule has 1 aliphatic carbocycles. The van der Waals surface area contributed by atoms with Crippen LogP contribution in [0.1, 0.15) is 44.3 Å². The number of imidazole rings is 1. The number of nitrogens with zero attached hydrogens (tertiary/aromatic N) is 3. The van der Waals surface area contributed by atoms with Crippen molar-refractivity contribution in [1.82, 2.24) is 14.5 Å². The Kier molecular flexibility index (Phi) is 11.0. The Morgan fingerprint density at radius 2 is 1.96 bits per heavy atom. The third-order valence-electron chi connectivity index (χ3n) is 4.79. The fraction of sp³-hybridized carbons (Fsp3) is 0.632. The van der Waals surface area contributed by atoms with Crippen molar-refractivity contribution in [2.24, 2.45) is 5.92 Å². The van der Waals surface area contributed by atoms with Crippen LogP contribution in [0.5, 0.6) is 0 Å². The molecule has 2 aliphatic rings. The van der Waals surface area contributed by atoms with Gasteiger partial charge in [-0.25, -0.2) is 4.98 Å². The summed E-state index contributed by atoms with van der Waals surface area (Å²) in [5, 5.41) is 13.8. The van der Waals surface area contributed by atoms with Crippen LogP contribution >= 0.6 is 0 Å². The van der Waals surface area contributed by atoms with Gasteiger partial charge in [0.25, 0.3) is 12.9 Å². The van der Waals surface area contributed by atoms with Crippen molar-refractivity contribution < 1.29 is 19.8 Å². The molecule has 0 amide bonds. The molecule has 0 saturated carbocycles. The lowest BCUT2D eigenvalue weighted by atomic mass is 9.95. The van der Waals surface area contributed by atoms with Crippen LogP contribution in [0.25, 0.3) is 0 Å². The van der Waals surface area contributed by atoms with Crippen LogP contribution in [0.2, 0.25) is 0 Å². The number of piperidine rings is 1. The second-order valence-corrected chi connectivity index (χ2v) is 6.69. The number of carbonyl (C=O) groups is 2. The maximum atomic E-state index is 8.36. The first-order valence-electron chi connectivity index (χ1n) is 9.18. The molecule has 7 nitrogen and oxygen atoms in total. The highest BCUT2D eigenvalue weighted by molar-refractivity contribution is 5.33. The fourth-order valence-corrected chi connectivity index (χ4v) is 3.65. The van der Waals surface area contributed by atoms with E-state index in [-0.39, 0.29) is 12.9 Å². The Morgan fingerprint density at radius 1 is 1.23 bits per heavy atom. The van der Waals surface area contributed by atoms with Gasteiger partial charge in [-0.2, -0.15) is 0 Å². The van der Waals surface area contributed by atoms with Crippen molar-refractivity contribution >= 4 is 12.9 Å². The van der Waals surface area contributed by atoms with Crippen molar-refractivity contribution in [1.29, 1.82) is 0 Å². The summed E-state index contributed by atoms with van der Waals surface area (Å²) in [7, 11) is 0. The van der Waals surface area contributed by atoms with Crippen LogP contribution < -0.4 is 0 Å². The zero-order chi connectivity index (χ0) is 19.2. The number of rotatable bonds is 4. The lowest BCUT2D eigenvalue weighted by Gasteiger charge is -2.34. The van der Waals surface area contributed by atoms with Gasteiger partial charge >= 0.3 is 0 Å². The minimum absolute atomic E-state index is 0.250. The predicted octanol–water partition coefficient (Wildman–Crippen LogP) is 2.81. The highest BCUT2D eigenvalue weighted by atomic mass is 16.3. The SMILES string of the molecule is Cc1nccn1CC1CCCN(CC2=CCCCC2)C1.O=CO.O=CO. The largest absolute Gasteiger partial charge is 0.483 e. The molecular weight excluding hydrogens is 334 g/mol. The number of aromatic nitrogens is 2. The van der Waals surface area contributed by atoms with Gasteiger partial charge in [0.15, 0.2) is 0 Å². The predicted molar refractivity (Wildman–Crippen MR) is 100 cm³/mol. The number of carboxylic acid groups (broad SMARTS) is 2. The zero-order valence-corrected chi connectivity index (χ0v) is 15.6. The van der Waals surface area contributed by atoms with E-state index < -0.39 is 0 Å². The number of aryl methyl sites for hydroxylation is 1. The van der Waals surface area contributed by atoms with Crippen LogP contribution in [-0.4, -0.2) is 57.2 Å². The fourth-order valence-electron chi connectivity index (χ4n) is 3.65. The van der Waals surface area contributed by atoms with E-state index in [4.69, 9.17) is 19.8 Å². The molecule has 1 unspecified atom stereocenters. The van der Waals surface area contributed by atoms with E-state index in [0.717, 1.165) is 18.3 Å². The normalized spacial score (nSPS) is 19.9. The minimum Gasteiger partial charge on any atom is -0.483 e. The Balaban J connectivity index is 0.000000499. The highest BCUT2D eigenvalue weighted by Crippen LogP contribution is 2.23. The minimum atomic E-state index is -0.250. The molecule has 26 heavy (non-hydrogen) atoms. The molecule has 3 rings (SSSR count). The van der Waals surface area contributed by atoms with Crippen LogP contribution in [0, 0.1) is 12.8 Å². The molecule has 1 fully saturated rings.